The van der Waals surface area contributed by atoms with Gasteiger partial charge in [0, 0.05) is 60.2 Å². The van der Waals surface area contributed by atoms with Crippen molar-refractivity contribution in [3.8, 4) is 28.2 Å². The van der Waals surface area contributed by atoms with Gasteiger partial charge in [-0.3, -0.25) is 0 Å². The van der Waals surface area contributed by atoms with E-state index in [0.29, 0.717) is 0 Å². The number of para-hydroxylation sites is 6. The maximum absolute atomic E-state index is 6.89. The normalized spacial score (nSPS) is 12.1. The second-order valence-corrected chi connectivity index (χ2v) is 15.3. The summed E-state index contributed by atoms with van der Waals surface area (Å²) in [6, 6.07) is 72.4. The van der Waals surface area contributed by atoms with Gasteiger partial charge in [-0.2, -0.15) is 0 Å². The third-order valence-electron chi connectivity index (χ3n) is 12.2. The Bertz CT molecular complexity index is 3730. The molecule has 270 valence electrons. The minimum Gasteiger partial charge on any atom is -0.454 e. The van der Waals surface area contributed by atoms with E-state index in [-0.39, 0.29) is 0 Å². The lowest BCUT2D eigenvalue weighted by molar-refractivity contribution is 0.671. The molecule has 0 spiro atoms. The van der Waals surface area contributed by atoms with Gasteiger partial charge in [0.05, 0.1) is 33.1 Å². The van der Waals surface area contributed by atoms with Crippen molar-refractivity contribution in [2.24, 2.45) is 0 Å². The van der Waals surface area contributed by atoms with Gasteiger partial charge in [0.25, 0.3) is 0 Å². The van der Waals surface area contributed by atoms with E-state index < -0.39 is 0 Å². The van der Waals surface area contributed by atoms with Crippen LogP contribution >= 0.6 is 0 Å². The molecule has 0 fully saturated rings. The molecule has 4 heterocycles. The molecule has 13 aromatic rings. The van der Waals surface area contributed by atoms with E-state index in [0.717, 1.165) is 55.6 Å². The Morgan fingerprint density at radius 1 is 0.310 bits per heavy atom. The van der Waals surface area contributed by atoms with E-state index in [1.807, 2.05) is 0 Å². The summed E-state index contributed by atoms with van der Waals surface area (Å²) >= 11 is 0. The van der Waals surface area contributed by atoms with Gasteiger partial charge in [0.15, 0.2) is 5.58 Å². The third-order valence-corrected chi connectivity index (χ3v) is 12.2. The number of fused-ring (bicyclic) bond motifs is 13. The molecule has 4 heteroatoms. The number of aromatic nitrogens is 3. The topological polar surface area (TPSA) is 27.9 Å². The van der Waals surface area contributed by atoms with Crippen LogP contribution in [0.25, 0.3) is 116 Å². The van der Waals surface area contributed by atoms with Crippen LogP contribution in [0.15, 0.2) is 205 Å². The molecule has 0 saturated carbocycles. The molecule has 0 saturated heterocycles. The van der Waals surface area contributed by atoms with E-state index in [2.05, 4.69) is 214 Å². The van der Waals surface area contributed by atoms with Crippen LogP contribution in [0.1, 0.15) is 0 Å². The molecule has 13 rings (SSSR count). The van der Waals surface area contributed by atoms with Gasteiger partial charge in [0.2, 0.25) is 0 Å². The number of hydrogen-bond donors (Lipinski definition) is 0. The van der Waals surface area contributed by atoms with Crippen molar-refractivity contribution in [2.75, 3.05) is 0 Å². The van der Waals surface area contributed by atoms with Gasteiger partial charge >= 0.3 is 0 Å². The molecule has 0 radical (unpaired) electrons. The molecule has 0 aliphatic rings. The average molecular weight is 740 g/mol. The Hall–Kier alpha value is -7.82. The first-order valence-electron chi connectivity index (χ1n) is 19.9. The Kier molecular flexibility index (Phi) is 6.41. The summed E-state index contributed by atoms with van der Waals surface area (Å²) in [6.45, 7) is 0. The highest BCUT2D eigenvalue weighted by Crippen LogP contribution is 2.46. The first-order valence-corrected chi connectivity index (χ1v) is 19.9. The van der Waals surface area contributed by atoms with Crippen LogP contribution < -0.4 is 0 Å². The van der Waals surface area contributed by atoms with Gasteiger partial charge in [-0.05, 0) is 90.0 Å². The van der Waals surface area contributed by atoms with E-state index in [1.165, 1.54) is 59.9 Å². The molecule has 0 atom stereocenters. The maximum atomic E-state index is 6.89. The predicted molar refractivity (Wildman–Crippen MR) is 242 cm³/mol. The number of hydrogen-bond acceptors (Lipinski definition) is 1. The van der Waals surface area contributed by atoms with Crippen LogP contribution in [0.2, 0.25) is 0 Å². The van der Waals surface area contributed by atoms with Crippen molar-refractivity contribution >= 4 is 87.4 Å². The lowest BCUT2D eigenvalue weighted by atomic mass is 9.96. The van der Waals surface area contributed by atoms with Crippen molar-refractivity contribution in [1.82, 2.24) is 13.7 Å². The molecule has 0 N–H and O–H groups in total. The summed E-state index contributed by atoms with van der Waals surface area (Å²) in [5, 5.41) is 9.54. The van der Waals surface area contributed by atoms with Gasteiger partial charge < -0.3 is 18.1 Å². The summed E-state index contributed by atoms with van der Waals surface area (Å²) < 4.78 is 14.1. The smallest absolute Gasteiger partial charge is 0.160 e. The van der Waals surface area contributed by atoms with Crippen molar-refractivity contribution in [1.29, 1.82) is 0 Å². The summed E-state index contributed by atoms with van der Waals surface area (Å²) in [5.41, 5.74) is 14.5. The molecule has 0 unspecified atom stereocenters. The standard InChI is InChI=1S/C54H33N3O/c1-2-14-35(15-3-1)55-48-23-11-6-18-40(48)44-32-37(30-31-50(44)55)57-49-24-12-7-20-42(49)52-43(33-45-41-19-8-13-25-51(41)58-54(45)53(52)57)34-26-28-36(29-27-34)56-46-21-9-4-16-38(46)39-17-5-10-22-47(39)56/h1-33H. The number of nitrogens with zero attached hydrogens (tertiary/aromatic N) is 3. The second-order valence-electron chi connectivity index (χ2n) is 15.3. The van der Waals surface area contributed by atoms with Crippen LogP contribution in [-0.4, -0.2) is 13.7 Å². The lowest BCUT2D eigenvalue weighted by Gasteiger charge is -2.12. The van der Waals surface area contributed by atoms with Crippen molar-refractivity contribution in [3.63, 3.8) is 0 Å². The minimum absolute atomic E-state index is 0.885. The van der Waals surface area contributed by atoms with Crippen LogP contribution in [0.4, 0.5) is 0 Å². The summed E-state index contributed by atoms with van der Waals surface area (Å²) in [7, 11) is 0. The van der Waals surface area contributed by atoms with Crippen LogP contribution in [0.3, 0.4) is 0 Å². The molecular weight excluding hydrogens is 707 g/mol. The van der Waals surface area contributed by atoms with Crippen LogP contribution in [0, 0.1) is 0 Å². The Balaban J connectivity index is 1.10. The average Bonchev–Trinajstić information content (AvgIpc) is 4.03. The fourth-order valence-electron chi connectivity index (χ4n) is 9.77. The second kappa shape index (κ2) is 11.8. The lowest BCUT2D eigenvalue weighted by Crippen LogP contribution is -1.96. The monoisotopic (exact) mass is 739 g/mol. The van der Waals surface area contributed by atoms with Crippen LogP contribution in [-0.2, 0) is 0 Å². The Morgan fingerprint density at radius 2 is 0.793 bits per heavy atom. The molecule has 58 heavy (non-hydrogen) atoms. The fourth-order valence-corrected chi connectivity index (χ4v) is 9.77. The quantitative estimate of drug-likeness (QED) is 0.177. The Labute approximate surface area is 332 Å². The first kappa shape index (κ1) is 31.4. The van der Waals surface area contributed by atoms with E-state index in [9.17, 15) is 0 Å². The zero-order valence-corrected chi connectivity index (χ0v) is 31.3. The zero-order chi connectivity index (χ0) is 37.9. The molecule has 0 aliphatic carbocycles. The van der Waals surface area contributed by atoms with Crippen LogP contribution in [0.5, 0.6) is 0 Å². The third kappa shape index (κ3) is 4.29. The van der Waals surface area contributed by atoms with E-state index in [1.54, 1.807) is 0 Å². The molecule has 0 amide bonds. The molecule has 4 aromatic heterocycles. The molecule has 0 aliphatic heterocycles. The molecule has 4 nitrogen and oxygen atoms in total. The zero-order valence-electron chi connectivity index (χ0n) is 31.3. The van der Waals surface area contributed by atoms with Gasteiger partial charge in [-0.1, -0.05) is 121 Å². The minimum atomic E-state index is 0.885. The maximum Gasteiger partial charge on any atom is 0.160 e. The largest absolute Gasteiger partial charge is 0.454 e. The highest BCUT2D eigenvalue weighted by atomic mass is 16.3. The summed E-state index contributed by atoms with van der Waals surface area (Å²) in [4.78, 5) is 0. The first-order chi connectivity index (χ1) is 28.8. The van der Waals surface area contributed by atoms with Crippen molar-refractivity contribution in [3.05, 3.63) is 200 Å². The van der Waals surface area contributed by atoms with Crippen molar-refractivity contribution in [2.45, 2.75) is 0 Å². The van der Waals surface area contributed by atoms with Crippen molar-refractivity contribution < 1.29 is 4.42 Å². The number of benzene rings is 9. The van der Waals surface area contributed by atoms with Gasteiger partial charge in [-0.15, -0.1) is 0 Å². The molecule has 0 bridgehead atoms. The van der Waals surface area contributed by atoms with Gasteiger partial charge in [0.1, 0.15) is 5.58 Å². The highest BCUT2D eigenvalue weighted by molar-refractivity contribution is 6.26. The molecule has 9 aromatic carbocycles. The Morgan fingerprint density at radius 3 is 1.45 bits per heavy atom. The van der Waals surface area contributed by atoms with E-state index in [4.69, 9.17) is 4.42 Å². The summed E-state index contributed by atoms with van der Waals surface area (Å²) in [5.74, 6) is 0. The summed E-state index contributed by atoms with van der Waals surface area (Å²) in [6.07, 6.45) is 0. The highest BCUT2D eigenvalue weighted by Gasteiger charge is 2.24. The van der Waals surface area contributed by atoms with E-state index >= 15 is 0 Å². The fraction of sp³-hybridized carbons (Fsp3) is 0. The van der Waals surface area contributed by atoms with Gasteiger partial charge in [-0.25, -0.2) is 0 Å². The predicted octanol–water partition coefficient (Wildman–Crippen LogP) is 14.5. The number of furan rings is 1. The number of rotatable bonds is 4. The SMILES string of the molecule is c1ccc(-n2c3ccccc3c3cc(-n4c5ccccc5c5c(-c6ccc(-n7c8ccccc8c8ccccc87)cc6)cc6c7ccccc7oc6c54)ccc32)cc1. The molecular formula is C54H33N3O.